The third-order valence-corrected chi connectivity index (χ3v) is 5.63. The number of aryl methyl sites for hydroxylation is 2. The summed E-state index contributed by atoms with van der Waals surface area (Å²) in [4.78, 5) is 34.2. The number of aromatic nitrogens is 3. The quantitative estimate of drug-likeness (QED) is 0.851. The fourth-order valence-electron chi connectivity index (χ4n) is 3.88. The summed E-state index contributed by atoms with van der Waals surface area (Å²) >= 11 is 0. The van der Waals surface area contributed by atoms with Crippen molar-refractivity contribution in [3.05, 3.63) is 41.7 Å². The van der Waals surface area contributed by atoms with Gasteiger partial charge in [0, 0.05) is 68.2 Å². The van der Waals surface area contributed by atoms with Crippen LogP contribution in [0.2, 0.25) is 0 Å². The SMILES string of the molecule is Cc1[nH]ccc1C(=O)N1C[C@@H](CNC(=O)C2CC2)[C@H](c2cncn2C)C1. The van der Waals surface area contributed by atoms with Gasteiger partial charge < -0.3 is 19.8 Å². The Labute approximate surface area is 152 Å². The molecule has 3 heterocycles. The molecule has 2 fully saturated rings. The summed E-state index contributed by atoms with van der Waals surface area (Å²) in [6.07, 6.45) is 7.45. The van der Waals surface area contributed by atoms with Crippen LogP contribution in [0.1, 0.15) is 40.5 Å². The van der Waals surface area contributed by atoms with Gasteiger partial charge >= 0.3 is 0 Å². The van der Waals surface area contributed by atoms with Gasteiger partial charge in [0.05, 0.1) is 11.9 Å². The van der Waals surface area contributed by atoms with Crippen molar-refractivity contribution >= 4 is 11.8 Å². The number of aromatic amines is 1. The van der Waals surface area contributed by atoms with Crippen LogP contribution in [-0.2, 0) is 11.8 Å². The van der Waals surface area contributed by atoms with Crippen molar-refractivity contribution in [1.82, 2.24) is 24.8 Å². The van der Waals surface area contributed by atoms with Crippen LogP contribution in [0.5, 0.6) is 0 Å². The van der Waals surface area contributed by atoms with E-state index in [-0.39, 0.29) is 29.6 Å². The molecule has 7 nitrogen and oxygen atoms in total. The van der Waals surface area contributed by atoms with Crippen LogP contribution in [-0.4, -0.2) is 50.9 Å². The molecule has 1 aliphatic heterocycles. The van der Waals surface area contributed by atoms with Crippen LogP contribution in [0.15, 0.2) is 24.8 Å². The second-order valence-electron chi connectivity index (χ2n) is 7.54. The van der Waals surface area contributed by atoms with E-state index in [1.54, 1.807) is 12.5 Å². The molecule has 2 aromatic heterocycles. The summed E-state index contributed by atoms with van der Waals surface area (Å²) in [7, 11) is 1.98. The number of hydrogen-bond acceptors (Lipinski definition) is 3. The molecule has 138 valence electrons. The summed E-state index contributed by atoms with van der Waals surface area (Å²) in [5.74, 6) is 0.764. The normalized spacial score (nSPS) is 22.6. The van der Waals surface area contributed by atoms with E-state index in [1.807, 2.05) is 35.7 Å². The summed E-state index contributed by atoms with van der Waals surface area (Å²) in [5.41, 5.74) is 2.71. The van der Waals surface area contributed by atoms with E-state index in [4.69, 9.17) is 0 Å². The molecular weight excluding hydrogens is 330 g/mol. The van der Waals surface area contributed by atoms with E-state index in [2.05, 4.69) is 15.3 Å². The van der Waals surface area contributed by atoms with Gasteiger partial charge in [-0.1, -0.05) is 0 Å². The van der Waals surface area contributed by atoms with E-state index in [0.717, 1.165) is 29.8 Å². The van der Waals surface area contributed by atoms with Gasteiger partial charge in [-0.15, -0.1) is 0 Å². The molecule has 2 N–H and O–H groups in total. The molecular formula is C19H25N5O2. The maximum atomic E-state index is 12.9. The highest BCUT2D eigenvalue weighted by Gasteiger charge is 2.39. The molecule has 2 aliphatic rings. The van der Waals surface area contributed by atoms with Crippen molar-refractivity contribution in [3.63, 3.8) is 0 Å². The highest BCUT2D eigenvalue weighted by molar-refractivity contribution is 5.95. The number of imidazole rings is 1. The molecule has 2 aromatic rings. The first kappa shape index (κ1) is 16.9. The molecule has 7 heteroatoms. The Morgan fingerprint density at radius 1 is 1.35 bits per heavy atom. The van der Waals surface area contributed by atoms with Crippen molar-refractivity contribution < 1.29 is 9.59 Å². The van der Waals surface area contributed by atoms with Gasteiger partial charge in [-0.05, 0) is 25.8 Å². The lowest BCUT2D eigenvalue weighted by Gasteiger charge is -2.18. The van der Waals surface area contributed by atoms with Crippen LogP contribution < -0.4 is 5.32 Å². The van der Waals surface area contributed by atoms with Crippen molar-refractivity contribution in [2.75, 3.05) is 19.6 Å². The summed E-state index contributed by atoms with van der Waals surface area (Å²) in [5, 5.41) is 3.09. The predicted molar refractivity (Wildman–Crippen MR) is 96.6 cm³/mol. The Morgan fingerprint density at radius 3 is 2.77 bits per heavy atom. The minimum Gasteiger partial charge on any atom is -0.365 e. The zero-order chi connectivity index (χ0) is 18.3. The fraction of sp³-hybridized carbons (Fsp3) is 0.526. The second kappa shape index (κ2) is 6.63. The molecule has 1 saturated carbocycles. The monoisotopic (exact) mass is 355 g/mol. The Balaban J connectivity index is 1.52. The lowest BCUT2D eigenvalue weighted by Crippen LogP contribution is -2.34. The highest BCUT2D eigenvalue weighted by atomic mass is 16.2. The molecule has 0 spiro atoms. The van der Waals surface area contributed by atoms with E-state index in [1.165, 1.54) is 0 Å². The lowest BCUT2D eigenvalue weighted by molar-refractivity contribution is -0.122. The molecule has 2 amide bonds. The zero-order valence-electron chi connectivity index (χ0n) is 15.2. The first-order chi connectivity index (χ1) is 12.5. The van der Waals surface area contributed by atoms with E-state index in [0.29, 0.717) is 19.6 Å². The van der Waals surface area contributed by atoms with Gasteiger partial charge in [-0.3, -0.25) is 9.59 Å². The topological polar surface area (TPSA) is 83.0 Å². The van der Waals surface area contributed by atoms with Crippen LogP contribution in [0.4, 0.5) is 0 Å². The number of carbonyl (C=O) groups excluding carboxylic acids is 2. The van der Waals surface area contributed by atoms with E-state index >= 15 is 0 Å². The summed E-state index contributed by atoms with van der Waals surface area (Å²) in [6.45, 7) is 3.80. The van der Waals surface area contributed by atoms with Gasteiger partial charge in [-0.25, -0.2) is 4.98 Å². The van der Waals surface area contributed by atoms with Crippen molar-refractivity contribution in [3.8, 4) is 0 Å². The number of nitrogens with one attached hydrogen (secondary N) is 2. The number of nitrogens with zero attached hydrogens (tertiary/aromatic N) is 3. The first-order valence-electron chi connectivity index (χ1n) is 9.21. The van der Waals surface area contributed by atoms with E-state index < -0.39 is 0 Å². The maximum Gasteiger partial charge on any atom is 0.255 e. The number of hydrogen-bond donors (Lipinski definition) is 2. The molecule has 1 aliphatic carbocycles. The second-order valence-corrected chi connectivity index (χ2v) is 7.54. The van der Waals surface area contributed by atoms with Crippen LogP contribution in [0.25, 0.3) is 0 Å². The summed E-state index contributed by atoms with van der Waals surface area (Å²) in [6, 6.07) is 1.83. The van der Waals surface area contributed by atoms with Crippen LogP contribution >= 0.6 is 0 Å². The largest absolute Gasteiger partial charge is 0.365 e. The minimum absolute atomic E-state index is 0.0481. The lowest BCUT2D eigenvalue weighted by atomic mass is 9.93. The van der Waals surface area contributed by atoms with Gasteiger partial charge in [0.15, 0.2) is 0 Å². The third-order valence-electron chi connectivity index (χ3n) is 5.63. The van der Waals surface area contributed by atoms with Crippen molar-refractivity contribution in [1.29, 1.82) is 0 Å². The minimum atomic E-state index is 0.0481. The Hall–Kier alpha value is -2.57. The molecule has 4 rings (SSSR count). The van der Waals surface area contributed by atoms with Gasteiger partial charge in [-0.2, -0.15) is 0 Å². The Bertz CT molecular complexity index is 820. The average Bonchev–Trinajstić information content (AvgIpc) is 3.04. The molecule has 0 unspecified atom stereocenters. The molecule has 0 radical (unpaired) electrons. The van der Waals surface area contributed by atoms with Gasteiger partial charge in [0.1, 0.15) is 0 Å². The predicted octanol–water partition coefficient (Wildman–Crippen LogP) is 1.44. The third kappa shape index (κ3) is 3.13. The average molecular weight is 355 g/mol. The number of H-pyrrole nitrogens is 1. The van der Waals surface area contributed by atoms with Crippen LogP contribution in [0.3, 0.4) is 0 Å². The smallest absolute Gasteiger partial charge is 0.255 e. The number of rotatable bonds is 5. The highest BCUT2D eigenvalue weighted by Crippen LogP contribution is 2.34. The number of carbonyl (C=O) groups is 2. The Morgan fingerprint density at radius 2 is 2.15 bits per heavy atom. The van der Waals surface area contributed by atoms with Gasteiger partial charge in [0.2, 0.25) is 5.91 Å². The molecule has 26 heavy (non-hydrogen) atoms. The maximum absolute atomic E-state index is 12.9. The standard InChI is InChI=1S/C19H25N5O2/c1-12-15(5-6-21-12)19(26)24-9-14(7-22-18(25)13-3-4-13)16(10-24)17-8-20-11-23(17)2/h5-6,8,11,13-14,16,21H,3-4,7,9-10H2,1-2H3,(H,22,25)/t14-,16-/m1/s1. The zero-order valence-corrected chi connectivity index (χ0v) is 15.2. The first-order valence-corrected chi connectivity index (χ1v) is 9.21. The van der Waals surface area contributed by atoms with Crippen molar-refractivity contribution in [2.45, 2.75) is 25.7 Å². The Kier molecular flexibility index (Phi) is 4.30. The molecule has 0 bridgehead atoms. The fourth-order valence-corrected chi connectivity index (χ4v) is 3.88. The molecule has 0 aromatic carbocycles. The molecule has 1 saturated heterocycles. The van der Waals surface area contributed by atoms with Crippen LogP contribution in [0, 0.1) is 18.8 Å². The van der Waals surface area contributed by atoms with Crippen molar-refractivity contribution in [2.24, 2.45) is 18.9 Å². The van der Waals surface area contributed by atoms with Gasteiger partial charge in [0.25, 0.3) is 5.91 Å². The number of likely N-dealkylation sites (tertiary alicyclic amines) is 1. The molecule has 2 atom stereocenters. The summed E-state index contributed by atoms with van der Waals surface area (Å²) < 4.78 is 2.01. The number of amides is 2. The van der Waals surface area contributed by atoms with E-state index in [9.17, 15) is 9.59 Å².